The molecular formula is C19H35F3N4O3. The fourth-order valence-electron chi connectivity index (χ4n) is 3.95. The second-order valence-corrected chi connectivity index (χ2v) is 8.12. The Kier molecular flexibility index (Phi) is 9.15. The highest BCUT2D eigenvalue weighted by atomic mass is 19.4. The summed E-state index contributed by atoms with van der Waals surface area (Å²) in [5.74, 6) is 0.124. The largest absolute Gasteiger partial charge is 0.401 e. The van der Waals surface area contributed by atoms with E-state index >= 15 is 0 Å². The number of piperazine rings is 2. The first kappa shape index (κ1) is 24.3. The molecule has 7 nitrogen and oxygen atoms in total. The number of ether oxygens (including phenoxy) is 1. The zero-order valence-electron chi connectivity index (χ0n) is 17.7. The van der Waals surface area contributed by atoms with E-state index in [1.807, 2.05) is 23.6 Å². The van der Waals surface area contributed by atoms with E-state index in [4.69, 9.17) is 4.74 Å². The van der Waals surface area contributed by atoms with Crippen LogP contribution in [0.4, 0.5) is 13.2 Å². The van der Waals surface area contributed by atoms with Crippen LogP contribution in [-0.4, -0.2) is 121 Å². The van der Waals surface area contributed by atoms with Crippen LogP contribution < -0.4 is 0 Å². The van der Waals surface area contributed by atoms with Gasteiger partial charge in [0.2, 0.25) is 5.91 Å². The molecule has 2 atom stereocenters. The first-order chi connectivity index (χ1) is 13.6. The van der Waals surface area contributed by atoms with Crippen molar-refractivity contribution in [2.45, 2.75) is 39.3 Å². The molecule has 0 aromatic carbocycles. The molecule has 2 unspecified atom stereocenters. The fourth-order valence-corrected chi connectivity index (χ4v) is 3.95. The lowest BCUT2D eigenvalue weighted by Gasteiger charge is -2.44. The molecule has 1 N–H and O–H groups in total. The monoisotopic (exact) mass is 424 g/mol. The molecule has 1 amide bonds. The van der Waals surface area contributed by atoms with Gasteiger partial charge in [-0.3, -0.25) is 19.5 Å². The van der Waals surface area contributed by atoms with Crippen LogP contribution in [0.1, 0.15) is 20.8 Å². The van der Waals surface area contributed by atoms with Gasteiger partial charge in [-0.05, 0) is 6.92 Å². The minimum absolute atomic E-state index is 0.0259. The van der Waals surface area contributed by atoms with E-state index in [2.05, 4.69) is 4.90 Å². The summed E-state index contributed by atoms with van der Waals surface area (Å²) in [5.41, 5.74) is 0. The second kappa shape index (κ2) is 10.9. The van der Waals surface area contributed by atoms with E-state index in [0.29, 0.717) is 65.5 Å². The number of rotatable bonds is 8. The Morgan fingerprint density at radius 3 is 2.03 bits per heavy atom. The van der Waals surface area contributed by atoms with Crippen LogP contribution in [0.15, 0.2) is 0 Å². The Morgan fingerprint density at radius 2 is 1.55 bits per heavy atom. The van der Waals surface area contributed by atoms with Crippen molar-refractivity contribution in [1.29, 1.82) is 0 Å². The molecule has 29 heavy (non-hydrogen) atoms. The van der Waals surface area contributed by atoms with Gasteiger partial charge in [0.1, 0.15) is 0 Å². The first-order valence-electron chi connectivity index (χ1n) is 10.4. The van der Waals surface area contributed by atoms with Gasteiger partial charge in [0.25, 0.3) is 0 Å². The molecule has 2 heterocycles. The van der Waals surface area contributed by atoms with Gasteiger partial charge >= 0.3 is 6.18 Å². The van der Waals surface area contributed by atoms with E-state index in [1.165, 1.54) is 4.90 Å². The Labute approximate surface area is 171 Å². The van der Waals surface area contributed by atoms with Crippen LogP contribution in [0.25, 0.3) is 0 Å². The molecule has 2 aliphatic heterocycles. The zero-order chi connectivity index (χ0) is 21.6. The van der Waals surface area contributed by atoms with Crippen LogP contribution >= 0.6 is 0 Å². The van der Waals surface area contributed by atoms with Gasteiger partial charge in [0.15, 0.2) is 6.29 Å². The molecule has 0 aliphatic carbocycles. The summed E-state index contributed by atoms with van der Waals surface area (Å²) in [5, 5.41) is 10.5. The first-order valence-corrected chi connectivity index (χ1v) is 10.4. The molecule has 0 spiro atoms. The van der Waals surface area contributed by atoms with Crippen molar-refractivity contribution < 1.29 is 27.8 Å². The average molecular weight is 425 g/mol. The van der Waals surface area contributed by atoms with Gasteiger partial charge < -0.3 is 14.7 Å². The third kappa shape index (κ3) is 7.67. The number of nitrogens with zero attached hydrogens (tertiary/aromatic N) is 4. The highest BCUT2D eigenvalue weighted by Gasteiger charge is 2.36. The molecule has 170 valence electrons. The minimum Gasteiger partial charge on any atom is -0.367 e. The number of hydrogen-bond acceptors (Lipinski definition) is 6. The summed E-state index contributed by atoms with van der Waals surface area (Å²) in [6.07, 6.45) is -5.19. The number of aliphatic hydroxyl groups is 1. The summed E-state index contributed by atoms with van der Waals surface area (Å²) < 4.78 is 43.3. The molecule has 0 aromatic heterocycles. The lowest BCUT2D eigenvalue weighted by Crippen LogP contribution is -2.60. The Bertz CT molecular complexity index is 505. The van der Waals surface area contributed by atoms with Crippen molar-refractivity contribution in [3.63, 3.8) is 0 Å². The van der Waals surface area contributed by atoms with Crippen LogP contribution in [0.3, 0.4) is 0 Å². The maximum atomic E-state index is 12.6. The van der Waals surface area contributed by atoms with Crippen molar-refractivity contribution in [1.82, 2.24) is 19.6 Å². The number of carbonyl (C=O) groups is 1. The third-order valence-electron chi connectivity index (χ3n) is 5.57. The predicted molar refractivity (Wildman–Crippen MR) is 103 cm³/mol. The van der Waals surface area contributed by atoms with Gasteiger partial charge in [0.05, 0.1) is 12.6 Å². The highest BCUT2D eigenvalue weighted by molar-refractivity contribution is 5.78. The topological polar surface area (TPSA) is 59.5 Å². The maximum Gasteiger partial charge on any atom is 0.401 e. The summed E-state index contributed by atoms with van der Waals surface area (Å²) in [7, 11) is 0. The second-order valence-electron chi connectivity index (χ2n) is 8.12. The quantitative estimate of drug-likeness (QED) is 0.579. The normalized spacial score (nSPS) is 22.8. The van der Waals surface area contributed by atoms with Gasteiger partial charge in [-0.2, -0.15) is 13.2 Å². The minimum atomic E-state index is -4.19. The molecule has 2 saturated heterocycles. The van der Waals surface area contributed by atoms with E-state index in [9.17, 15) is 23.1 Å². The molecule has 2 rings (SSSR count). The van der Waals surface area contributed by atoms with Crippen molar-refractivity contribution >= 4 is 5.91 Å². The molecule has 10 heteroatoms. The van der Waals surface area contributed by atoms with Crippen molar-refractivity contribution in [3.05, 3.63) is 0 Å². The summed E-state index contributed by atoms with van der Waals surface area (Å²) in [6.45, 7) is 9.86. The number of hydrogen-bond donors (Lipinski definition) is 1. The lowest BCUT2D eigenvalue weighted by atomic mass is 10.1. The van der Waals surface area contributed by atoms with E-state index in [0.717, 1.165) is 0 Å². The summed E-state index contributed by atoms with van der Waals surface area (Å²) in [4.78, 5) is 19.6. The van der Waals surface area contributed by atoms with Crippen molar-refractivity contribution in [2.24, 2.45) is 5.92 Å². The molecule has 0 saturated carbocycles. The van der Waals surface area contributed by atoms with Gasteiger partial charge in [-0.1, -0.05) is 13.8 Å². The van der Waals surface area contributed by atoms with Crippen LogP contribution in [0.5, 0.6) is 0 Å². The maximum absolute atomic E-state index is 12.6. The smallest absolute Gasteiger partial charge is 0.367 e. The highest BCUT2D eigenvalue weighted by Crippen LogP contribution is 2.19. The zero-order valence-corrected chi connectivity index (χ0v) is 17.7. The predicted octanol–water partition coefficient (Wildman–Crippen LogP) is 0.690. The van der Waals surface area contributed by atoms with E-state index < -0.39 is 19.0 Å². The SMILES string of the molecule is CCOC(O)C(CN1CCN(C(=O)C(C)C)CC1)N1CCN(CC(F)(F)F)CC1. The van der Waals surface area contributed by atoms with Crippen LogP contribution in [-0.2, 0) is 9.53 Å². The van der Waals surface area contributed by atoms with Gasteiger partial charge in [-0.15, -0.1) is 0 Å². The van der Waals surface area contributed by atoms with E-state index in [-0.39, 0.29) is 17.9 Å². The number of halogens is 3. The van der Waals surface area contributed by atoms with Crippen molar-refractivity contribution in [2.75, 3.05) is 72.1 Å². The number of aliphatic hydroxyl groups excluding tert-OH is 1. The molecular weight excluding hydrogens is 389 g/mol. The number of carbonyl (C=O) groups excluding carboxylic acids is 1. The molecule has 0 aromatic rings. The fraction of sp³-hybridized carbons (Fsp3) is 0.947. The molecule has 2 aliphatic rings. The third-order valence-corrected chi connectivity index (χ3v) is 5.57. The Hall–Kier alpha value is -0.940. The van der Waals surface area contributed by atoms with Gasteiger partial charge in [0, 0.05) is 71.4 Å². The molecule has 0 radical (unpaired) electrons. The molecule has 0 bridgehead atoms. The summed E-state index contributed by atoms with van der Waals surface area (Å²) in [6, 6.07) is -0.310. The standard InChI is InChI=1S/C19H35F3N4O3/c1-4-29-18(28)16(25-9-7-24(8-10-25)14-19(20,21)22)13-23-5-11-26(12-6-23)17(27)15(2)3/h15-16,18,28H,4-14H2,1-3H3. The van der Waals surface area contributed by atoms with Crippen molar-refractivity contribution in [3.8, 4) is 0 Å². The Morgan fingerprint density at radius 1 is 1.00 bits per heavy atom. The Balaban J connectivity index is 1.90. The van der Waals surface area contributed by atoms with Crippen LogP contribution in [0, 0.1) is 5.92 Å². The average Bonchev–Trinajstić information content (AvgIpc) is 2.65. The lowest BCUT2D eigenvalue weighted by molar-refractivity contribution is -0.165. The number of alkyl halides is 3. The summed E-state index contributed by atoms with van der Waals surface area (Å²) >= 11 is 0. The van der Waals surface area contributed by atoms with E-state index in [1.54, 1.807) is 6.92 Å². The number of amides is 1. The van der Waals surface area contributed by atoms with Crippen LogP contribution in [0.2, 0.25) is 0 Å². The molecule has 2 fully saturated rings. The van der Waals surface area contributed by atoms with Gasteiger partial charge in [-0.25, -0.2) is 0 Å².